The Labute approximate surface area is 119 Å². The first-order valence-electron chi connectivity index (χ1n) is 6.02. The molecular formula is C13H14F3N3O2. The molecule has 0 aromatic heterocycles. The van der Waals surface area contributed by atoms with E-state index in [4.69, 9.17) is 5.26 Å². The Balaban J connectivity index is 2.70. The molecule has 0 heterocycles. The van der Waals surface area contributed by atoms with Gasteiger partial charge in [-0.15, -0.1) is 0 Å². The normalized spacial score (nSPS) is 11.1. The number of nitriles is 1. The summed E-state index contributed by atoms with van der Waals surface area (Å²) < 4.78 is 35.6. The van der Waals surface area contributed by atoms with Gasteiger partial charge in [-0.1, -0.05) is 13.8 Å². The summed E-state index contributed by atoms with van der Waals surface area (Å²) in [5, 5.41) is 11.2. The van der Waals surface area contributed by atoms with Gasteiger partial charge in [0.15, 0.2) is 6.61 Å². The highest BCUT2D eigenvalue weighted by Gasteiger charge is 2.28. The molecule has 0 aliphatic heterocycles. The summed E-state index contributed by atoms with van der Waals surface area (Å²) in [5.41, 5.74) is 3.17. The zero-order chi connectivity index (χ0) is 16.0. The molecule has 5 nitrogen and oxygen atoms in total. The third kappa shape index (κ3) is 5.71. The third-order valence-corrected chi connectivity index (χ3v) is 2.45. The lowest BCUT2D eigenvalue weighted by atomic mass is 9.99. The fourth-order valence-corrected chi connectivity index (χ4v) is 1.56. The number of urea groups is 1. The van der Waals surface area contributed by atoms with E-state index in [1.165, 1.54) is 12.1 Å². The summed E-state index contributed by atoms with van der Waals surface area (Å²) in [7, 11) is 0. The van der Waals surface area contributed by atoms with Gasteiger partial charge < -0.3 is 5.32 Å². The minimum Gasteiger partial charge on any atom is -0.306 e. The molecule has 1 aromatic carbocycles. The van der Waals surface area contributed by atoms with Gasteiger partial charge in [0.2, 0.25) is 0 Å². The number of anilines is 1. The predicted molar refractivity (Wildman–Crippen MR) is 69.4 cm³/mol. The topological polar surface area (TPSA) is 74.2 Å². The fourth-order valence-electron chi connectivity index (χ4n) is 1.56. The van der Waals surface area contributed by atoms with Crippen molar-refractivity contribution >= 4 is 11.7 Å². The minimum atomic E-state index is -4.52. The van der Waals surface area contributed by atoms with Crippen molar-refractivity contribution in [1.82, 2.24) is 5.48 Å². The first kappa shape index (κ1) is 16.8. The van der Waals surface area contributed by atoms with Crippen molar-refractivity contribution in [2.75, 3.05) is 11.9 Å². The Morgan fingerprint density at radius 2 is 2.10 bits per heavy atom. The Morgan fingerprint density at radius 3 is 2.62 bits per heavy atom. The number of amides is 2. The largest absolute Gasteiger partial charge is 0.414 e. The van der Waals surface area contributed by atoms with E-state index in [2.05, 4.69) is 10.2 Å². The van der Waals surface area contributed by atoms with Gasteiger partial charge in [0.05, 0.1) is 11.6 Å². The van der Waals surface area contributed by atoms with Gasteiger partial charge in [-0.05, 0) is 29.7 Å². The Hall–Kier alpha value is -2.27. The molecular weight excluding hydrogens is 287 g/mol. The highest BCUT2D eigenvalue weighted by molar-refractivity contribution is 5.89. The van der Waals surface area contributed by atoms with Crippen molar-refractivity contribution in [3.8, 4) is 6.07 Å². The molecule has 0 spiro atoms. The number of rotatable bonds is 4. The summed E-state index contributed by atoms with van der Waals surface area (Å²) in [4.78, 5) is 15.5. The zero-order valence-corrected chi connectivity index (χ0v) is 11.4. The molecule has 21 heavy (non-hydrogen) atoms. The van der Waals surface area contributed by atoms with Crippen LogP contribution in [0.25, 0.3) is 0 Å². The molecule has 0 aliphatic rings. The number of carbonyl (C=O) groups is 1. The lowest BCUT2D eigenvalue weighted by Gasteiger charge is -2.15. The van der Waals surface area contributed by atoms with Crippen LogP contribution in [0.4, 0.5) is 23.7 Å². The minimum absolute atomic E-state index is 0.0182. The number of halogens is 3. The van der Waals surface area contributed by atoms with Crippen LogP contribution in [0.5, 0.6) is 0 Å². The summed E-state index contributed by atoms with van der Waals surface area (Å²) >= 11 is 0. The first-order chi connectivity index (χ1) is 9.73. The number of carbonyl (C=O) groups excluding carboxylic acids is 1. The fraction of sp³-hybridized carbons (Fsp3) is 0.385. The summed E-state index contributed by atoms with van der Waals surface area (Å²) in [6, 6.07) is 5.67. The van der Waals surface area contributed by atoms with E-state index < -0.39 is 18.8 Å². The summed E-state index contributed by atoms with van der Waals surface area (Å²) in [6.45, 7) is 2.14. The predicted octanol–water partition coefficient (Wildman–Crippen LogP) is 3.30. The molecule has 0 atom stereocenters. The van der Waals surface area contributed by atoms with Gasteiger partial charge in [0.1, 0.15) is 0 Å². The number of hydrogen-bond donors (Lipinski definition) is 2. The Kier molecular flexibility index (Phi) is 5.55. The number of benzene rings is 1. The Bertz CT molecular complexity index is 551. The number of hydroxylamine groups is 1. The van der Waals surface area contributed by atoms with Crippen molar-refractivity contribution in [1.29, 1.82) is 5.26 Å². The van der Waals surface area contributed by atoms with Gasteiger partial charge in [-0.25, -0.2) is 10.3 Å². The second-order valence-corrected chi connectivity index (χ2v) is 4.53. The van der Waals surface area contributed by atoms with Crippen LogP contribution in [0.2, 0.25) is 0 Å². The third-order valence-electron chi connectivity index (χ3n) is 2.45. The highest BCUT2D eigenvalue weighted by Crippen LogP contribution is 2.25. The molecule has 0 saturated heterocycles. The van der Waals surface area contributed by atoms with Crippen LogP contribution in [0.3, 0.4) is 0 Å². The second kappa shape index (κ2) is 6.95. The van der Waals surface area contributed by atoms with Crippen molar-refractivity contribution in [2.24, 2.45) is 0 Å². The van der Waals surface area contributed by atoms with Crippen LogP contribution in [-0.2, 0) is 4.84 Å². The number of hydrogen-bond acceptors (Lipinski definition) is 3. The SMILES string of the molecule is CC(C)c1cc(C#N)ccc1NC(=O)NOCC(F)(F)F. The quantitative estimate of drug-likeness (QED) is 0.838. The van der Waals surface area contributed by atoms with Crippen molar-refractivity contribution < 1.29 is 22.8 Å². The average Bonchev–Trinajstić information content (AvgIpc) is 2.37. The lowest BCUT2D eigenvalue weighted by Crippen LogP contribution is -2.33. The lowest BCUT2D eigenvalue weighted by molar-refractivity contribution is -0.183. The Morgan fingerprint density at radius 1 is 1.43 bits per heavy atom. The molecule has 2 amide bonds. The molecule has 1 aromatic rings. The monoisotopic (exact) mass is 301 g/mol. The first-order valence-corrected chi connectivity index (χ1v) is 6.02. The van der Waals surface area contributed by atoms with Crippen LogP contribution in [-0.4, -0.2) is 18.8 Å². The smallest absolute Gasteiger partial charge is 0.306 e. The van der Waals surface area contributed by atoms with E-state index >= 15 is 0 Å². The van der Waals surface area contributed by atoms with Crippen molar-refractivity contribution in [3.05, 3.63) is 29.3 Å². The zero-order valence-electron chi connectivity index (χ0n) is 11.4. The standard InChI is InChI=1S/C13H14F3N3O2/c1-8(2)10-5-9(6-17)3-4-11(10)18-12(20)19-21-7-13(14,15)16/h3-5,8H,7H2,1-2H3,(H2,18,19,20). The molecule has 0 aliphatic carbocycles. The molecule has 0 radical (unpaired) electrons. The van der Waals surface area contributed by atoms with Crippen molar-refractivity contribution in [3.63, 3.8) is 0 Å². The van der Waals surface area contributed by atoms with Gasteiger partial charge in [-0.3, -0.25) is 4.84 Å². The molecule has 0 unspecified atom stereocenters. The number of nitrogens with one attached hydrogen (secondary N) is 2. The molecule has 0 saturated carbocycles. The van der Waals surface area contributed by atoms with E-state index in [1.807, 2.05) is 19.9 Å². The van der Waals surface area contributed by atoms with Crippen LogP contribution >= 0.6 is 0 Å². The molecule has 8 heteroatoms. The second-order valence-electron chi connectivity index (χ2n) is 4.53. The van der Waals surface area contributed by atoms with Crippen LogP contribution in [0.1, 0.15) is 30.9 Å². The summed E-state index contributed by atoms with van der Waals surface area (Å²) in [6.07, 6.45) is -4.52. The van der Waals surface area contributed by atoms with Gasteiger partial charge in [0, 0.05) is 5.69 Å². The van der Waals surface area contributed by atoms with E-state index in [0.29, 0.717) is 16.8 Å². The number of alkyl halides is 3. The van der Waals surface area contributed by atoms with Crippen LogP contribution < -0.4 is 10.8 Å². The van der Waals surface area contributed by atoms with Crippen molar-refractivity contribution in [2.45, 2.75) is 25.9 Å². The van der Waals surface area contributed by atoms with E-state index in [-0.39, 0.29) is 5.92 Å². The highest BCUT2D eigenvalue weighted by atomic mass is 19.4. The van der Waals surface area contributed by atoms with E-state index in [0.717, 1.165) is 0 Å². The maximum atomic E-state index is 11.9. The van der Waals surface area contributed by atoms with Gasteiger partial charge >= 0.3 is 12.2 Å². The van der Waals surface area contributed by atoms with E-state index in [1.54, 1.807) is 11.5 Å². The van der Waals surface area contributed by atoms with Gasteiger partial charge in [0.25, 0.3) is 0 Å². The van der Waals surface area contributed by atoms with E-state index in [9.17, 15) is 18.0 Å². The number of nitrogens with zero attached hydrogens (tertiary/aromatic N) is 1. The molecule has 0 fully saturated rings. The molecule has 2 N–H and O–H groups in total. The summed E-state index contributed by atoms with van der Waals surface area (Å²) in [5.74, 6) is 0.0182. The molecule has 114 valence electrons. The van der Waals surface area contributed by atoms with Crippen LogP contribution in [0, 0.1) is 11.3 Å². The van der Waals surface area contributed by atoms with Crippen LogP contribution in [0.15, 0.2) is 18.2 Å². The molecule has 0 bridgehead atoms. The average molecular weight is 301 g/mol. The molecule has 1 rings (SSSR count). The van der Waals surface area contributed by atoms with Gasteiger partial charge in [-0.2, -0.15) is 18.4 Å². The maximum absolute atomic E-state index is 11.9. The maximum Gasteiger partial charge on any atom is 0.414 e.